The number of aryl methyl sites for hydroxylation is 2. The number of pyridine rings is 1. The average molecular weight is 476 g/mol. The third-order valence-electron chi connectivity index (χ3n) is 4.31. The highest BCUT2D eigenvalue weighted by molar-refractivity contribution is 6.32. The van der Waals surface area contributed by atoms with Gasteiger partial charge < -0.3 is 16.0 Å². The van der Waals surface area contributed by atoms with Crippen LogP contribution >= 0.6 is 48.8 Å². The molecule has 10 heteroatoms. The van der Waals surface area contributed by atoms with E-state index in [0.29, 0.717) is 16.8 Å². The van der Waals surface area contributed by atoms with E-state index in [0.717, 1.165) is 36.3 Å². The van der Waals surface area contributed by atoms with E-state index in [1.807, 2.05) is 19.3 Å². The highest BCUT2D eigenvalue weighted by atomic mass is 35.5. The second-order valence-electron chi connectivity index (χ2n) is 6.24. The van der Waals surface area contributed by atoms with Crippen molar-refractivity contribution in [3.8, 4) is 0 Å². The minimum atomic E-state index is 0. The molecule has 0 fully saturated rings. The van der Waals surface area contributed by atoms with E-state index >= 15 is 0 Å². The van der Waals surface area contributed by atoms with Crippen molar-refractivity contribution < 1.29 is 0 Å². The number of benzene rings is 1. The summed E-state index contributed by atoms with van der Waals surface area (Å²) in [6.07, 6.45) is 7.09. The highest BCUT2D eigenvalue weighted by Crippen LogP contribution is 2.27. The van der Waals surface area contributed by atoms with Crippen LogP contribution in [0.3, 0.4) is 0 Å². The van der Waals surface area contributed by atoms with E-state index < -0.39 is 0 Å². The summed E-state index contributed by atoms with van der Waals surface area (Å²) >= 11 is 6.28. The summed E-state index contributed by atoms with van der Waals surface area (Å²) in [6, 6.07) is 8.42. The van der Waals surface area contributed by atoms with E-state index in [9.17, 15) is 0 Å². The molecule has 29 heavy (non-hydrogen) atoms. The van der Waals surface area contributed by atoms with Gasteiger partial charge in [-0.05, 0) is 54.8 Å². The first kappa shape index (κ1) is 25.2. The Morgan fingerprint density at radius 3 is 2.62 bits per heavy atom. The molecule has 4 rings (SSSR count). The number of fused-ring (bicyclic) bond motifs is 6. The third kappa shape index (κ3) is 6.07. The Morgan fingerprint density at radius 1 is 1.00 bits per heavy atom. The van der Waals surface area contributed by atoms with Gasteiger partial charge >= 0.3 is 0 Å². The molecule has 6 bridgehead atoms. The Bertz CT molecular complexity index is 954. The molecule has 0 saturated carbocycles. The molecular weight excluding hydrogens is 454 g/mol. The van der Waals surface area contributed by atoms with E-state index in [2.05, 4.69) is 49.1 Å². The van der Waals surface area contributed by atoms with Gasteiger partial charge in [0.25, 0.3) is 0 Å². The van der Waals surface area contributed by atoms with Crippen LogP contribution in [0.25, 0.3) is 0 Å². The van der Waals surface area contributed by atoms with Crippen molar-refractivity contribution in [2.75, 3.05) is 17.7 Å². The maximum absolute atomic E-state index is 6.28. The zero-order valence-electron chi connectivity index (χ0n) is 15.6. The number of aromatic nitrogens is 3. The van der Waals surface area contributed by atoms with Crippen LogP contribution in [0.4, 0.5) is 23.1 Å². The summed E-state index contributed by atoms with van der Waals surface area (Å²) in [5.41, 5.74) is 5.54. The molecule has 0 saturated heterocycles. The molecule has 0 aliphatic carbocycles. The van der Waals surface area contributed by atoms with Crippen LogP contribution in [-0.4, -0.2) is 22.0 Å². The highest BCUT2D eigenvalue weighted by Gasteiger charge is 2.11. The van der Waals surface area contributed by atoms with Crippen molar-refractivity contribution in [1.82, 2.24) is 20.3 Å². The fraction of sp³-hybridized carbons (Fsp3) is 0.211. The quantitative estimate of drug-likeness (QED) is 0.479. The van der Waals surface area contributed by atoms with Gasteiger partial charge in [0, 0.05) is 18.4 Å². The van der Waals surface area contributed by atoms with Gasteiger partial charge in [-0.3, -0.25) is 4.98 Å². The molecule has 0 unspecified atom stereocenters. The fourth-order valence-corrected chi connectivity index (χ4v) is 3.19. The number of nitrogens with one attached hydrogen (secondary N) is 3. The Balaban J connectivity index is 0.00000140. The van der Waals surface area contributed by atoms with Crippen molar-refractivity contribution in [2.45, 2.75) is 19.4 Å². The number of halogens is 4. The molecule has 3 aromatic rings. The Kier molecular flexibility index (Phi) is 9.89. The molecule has 1 aliphatic rings. The lowest BCUT2D eigenvalue weighted by atomic mass is 9.99. The SMILES string of the molecule is CNCc1ccc2cc1CCc1cncc(c1)Nc1ncc(Cl)c(n1)N2.Cl.Cl.Cl. The van der Waals surface area contributed by atoms with Crippen LogP contribution in [0.5, 0.6) is 0 Å². The van der Waals surface area contributed by atoms with Crippen molar-refractivity contribution in [3.63, 3.8) is 0 Å². The molecule has 0 amide bonds. The standard InChI is InChI=1S/C19H19ClN6.3ClH/c1-21-9-14-4-5-15-7-13(14)3-2-12-6-16(10-22-8-12)25-19-23-11-17(20)18(24-15)26-19;;;/h4-8,10-11,21H,2-3,9H2,1H3,(H2,23,24,25,26);3*1H. The lowest BCUT2D eigenvalue weighted by Gasteiger charge is -2.13. The Labute approximate surface area is 193 Å². The number of hydrogen-bond donors (Lipinski definition) is 3. The minimum absolute atomic E-state index is 0. The first-order chi connectivity index (χ1) is 12.7. The van der Waals surface area contributed by atoms with Gasteiger partial charge in [0.1, 0.15) is 5.02 Å². The molecule has 1 aromatic carbocycles. The summed E-state index contributed by atoms with van der Waals surface area (Å²) in [5.74, 6) is 1.04. The van der Waals surface area contributed by atoms with Gasteiger partial charge in [0.2, 0.25) is 5.95 Å². The molecule has 0 atom stereocenters. The predicted molar refractivity (Wildman–Crippen MR) is 126 cm³/mol. The maximum atomic E-state index is 6.28. The van der Waals surface area contributed by atoms with Crippen molar-refractivity contribution in [1.29, 1.82) is 0 Å². The summed E-state index contributed by atoms with van der Waals surface area (Å²) < 4.78 is 0. The van der Waals surface area contributed by atoms with E-state index in [1.54, 1.807) is 12.4 Å². The topological polar surface area (TPSA) is 74.8 Å². The first-order valence-electron chi connectivity index (χ1n) is 8.48. The molecule has 1 aliphatic heterocycles. The average Bonchev–Trinajstić information content (AvgIpc) is 2.65. The number of nitrogens with zero attached hydrogens (tertiary/aromatic N) is 3. The molecule has 2 aromatic heterocycles. The molecular formula is C19H22Cl4N6. The lowest BCUT2D eigenvalue weighted by Crippen LogP contribution is -2.09. The summed E-state index contributed by atoms with van der Waals surface area (Å²) in [7, 11) is 1.96. The normalized spacial score (nSPS) is 11.5. The lowest BCUT2D eigenvalue weighted by molar-refractivity contribution is 0.798. The minimum Gasteiger partial charge on any atom is -0.339 e. The number of rotatable bonds is 2. The summed E-state index contributed by atoms with van der Waals surface area (Å²) in [4.78, 5) is 13.1. The Morgan fingerprint density at radius 2 is 1.83 bits per heavy atom. The third-order valence-corrected chi connectivity index (χ3v) is 4.59. The van der Waals surface area contributed by atoms with Crippen molar-refractivity contribution in [3.05, 3.63) is 64.6 Å². The van der Waals surface area contributed by atoms with E-state index in [4.69, 9.17) is 11.6 Å². The number of hydrogen-bond acceptors (Lipinski definition) is 6. The smallest absolute Gasteiger partial charge is 0.229 e. The van der Waals surface area contributed by atoms with Gasteiger partial charge in [-0.1, -0.05) is 17.7 Å². The van der Waals surface area contributed by atoms with Gasteiger partial charge in [0.05, 0.1) is 18.1 Å². The molecule has 3 N–H and O–H groups in total. The monoisotopic (exact) mass is 474 g/mol. The van der Waals surface area contributed by atoms with E-state index in [-0.39, 0.29) is 37.2 Å². The van der Waals surface area contributed by atoms with Crippen LogP contribution < -0.4 is 16.0 Å². The molecule has 156 valence electrons. The van der Waals surface area contributed by atoms with Gasteiger partial charge in [-0.2, -0.15) is 4.98 Å². The number of anilines is 4. The predicted octanol–water partition coefficient (Wildman–Crippen LogP) is 5.10. The Hall–Kier alpha value is -1.83. The molecule has 0 radical (unpaired) electrons. The van der Waals surface area contributed by atoms with Crippen LogP contribution in [0.15, 0.2) is 42.9 Å². The van der Waals surface area contributed by atoms with Gasteiger partial charge in [-0.25, -0.2) is 4.98 Å². The van der Waals surface area contributed by atoms with Crippen molar-refractivity contribution >= 4 is 72.0 Å². The molecule has 0 spiro atoms. The summed E-state index contributed by atoms with van der Waals surface area (Å²) in [6.45, 7) is 0.827. The van der Waals surface area contributed by atoms with Crippen LogP contribution in [0.2, 0.25) is 5.02 Å². The van der Waals surface area contributed by atoms with Crippen LogP contribution in [-0.2, 0) is 19.4 Å². The first-order valence-corrected chi connectivity index (χ1v) is 8.86. The molecule has 6 nitrogen and oxygen atoms in total. The zero-order chi connectivity index (χ0) is 17.9. The zero-order valence-corrected chi connectivity index (χ0v) is 18.8. The summed E-state index contributed by atoms with van der Waals surface area (Å²) in [5, 5.41) is 10.2. The van der Waals surface area contributed by atoms with Gasteiger partial charge in [0.15, 0.2) is 5.82 Å². The van der Waals surface area contributed by atoms with Crippen LogP contribution in [0.1, 0.15) is 16.7 Å². The van der Waals surface area contributed by atoms with Gasteiger partial charge in [-0.15, -0.1) is 37.2 Å². The van der Waals surface area contributed by atoms with E-state index in [1.165, 1.54) is 11.1 Å². The second kappa shape index (κ2) is 11.4. The second-order valence-corrected chi connectivity index (χ2v) is 6.64. The van der Waals surface area contributed by atoms with Crippen LogP contribution in [0, 0.1) is 0 Å². The largest absolute Gasteiger partial charge is 0.339 e. The fourth-order valence-electron chi connectivity index (χ4n) is 3.05. The van der Waals surface area contributed by atoms with Crippen molar-refractivity contribution in [2.24, 2.45) is 0 Å². The maximum Gasteiger partial charge on any atom is 0.229 e. The molecule has 3 heterocycles.